The van der Waals surface area contributed by atoms with E-state index in [0.29, 0.717) is 12.2 Å². The number of halogens is 1. The summed E-state index contributed by atoms with van der Waals surface area (Å²) in [5.74, 6) is -0.695. The summed E-state index contributed by atoms with van der Waals surface area (Å²) in [6, 6.07) is 11.8. The molecule has 0 amide bonds. The summed E-state index contributed by atoms with van der Waals surface area (Å²) >= 11 is 2.34. The Morgan fingerprint density at radius 1 is 1.17 bits per heavy atom. The summed E-state index contributed by atoms with van der Waals surface area (Å²) < 4.78 is 17.3. The number of esters is 2. The predicted molar refractivity (Wildman–Crippen MR) is 123 cm³/mol. The van der Waals surface area contributed by atoms with Crippen molar-refractivity contribution in [3.63, 3.8) is 0 Å². The number of nitrogens with zero attached hydrogens (tertiary/aromatic N) is 1. The summed E-state index contributed by atoms with van der Waals surface area (Å²) in [7, 11) is -0.419. The Balaban J connectivity index is 2.30. The van der Waals surface area contributed by atoms with Crippen LogP contribution < -0.4 is 0 Å². The minimum Gasteiger partial charge on any atom is -0.467 e. The van der Waals surface area contributed by atoms with Gasteiger partial charge in [0.05, 0.1) is 15.2 Å². The zero-order valence-corrected chi connectivity index (χ0v) is 20.5. The smallest absolute Gasteiger partial charge is 0.394 e. The molecule has 0 aliphatic carbocycles. The number of rotatable bonds is 8. The number of benzene rings is 1. The van der Waals surface area contributed by atoms with E-state index >= 15 is 0 Å². The Bertz CT molecular complexity index is 781. The Labute approximate surface area is 186 Å². The fraction of sp³-hybridized carbons (Fsp3) is 0.476. The minimum atomic E-state index is -1.74. The van der Waals surface area contributed by atoms with Crippen LogP contribution in [0.15, 0.2) is 44.3 Å². The lowest BCUT2D eigenvalue weighted by molar-refractivity contribution is -0.142. The Morgan fingerprint density at radius 3 is 2.34 bits per heavy atom. The van der Waals surface area contributed by atoms with Crippen molar-refractivity contribution in [3.05, 3.63) is 44.9 Å². The van der Waals surface area contributed by atoms with Crippen molar-refractivity contribution in [1.29, 1.82) is 0 Å². The van der Waals surface area contributed by atoms with Crippen molar-refractivity contribution >= 4 is 48.5 Å². The van der Waals surface area contributed by atoms with E-state index in [1.165, 1.54) is 7.11 Å². The van der Waals surface area contributed by atoms with E-state index in [0.717, 1.165) is 26.9 Å². The van der Waals surface area contributed by atoms with Gasteiger partial charge in [0.15, 0.2) is 6.04 Å². The van der Waals surface area contributed by atoms with E-state index in [2.05, 4.69) is 48.4 Å². The summed E-state index contributed by atoms with van der Waals surface area (Å²) in [6.45, 7) is 6.70. The maximum absolute atomic E-state index is 12.6. The summed E-state index contributed by atoms with van der Waals surface area (Å²) in [5, 5.41) is 0. The van der Waals surface area contributed by atoms with Gasteiger partial charge in [0.2, 0.25) is 0 Å². The quantitative estimate of drug-likeness (QED) is 0.275. The molecular formula is C21H28INO5Si. The van der Waals surface area contributed by atoms with Crippen molar-refractivity contribution in [2.45, 2.75) is 58.0 Å². The van der Waals surface area contributed by atoms with Crippen molar-refractivity contribution in [2.24, 2.45) is 4.99 Å². The van der Waals surface area contributed by atoms with Gasteiger partial charge in [-0.15, -0.1) is 0 Å². The SMILES string of the molecule is CC[Si](CC)(CC)/C(I)=C1/C[C@@H](C(=O)OC)N=C(C(=O)OCc2ccccc2)O1. The monoisotopic (exact) mass is 529 g/mol. The van der Waals surface area contributed by atoms with Gasteiger partial charge in [0, 0.05) is 9.62 Å². The molecule has 1 aromatic rings. The second-order valence-electron chi connectivity index (χ2n) is 6.92. The lowest BCUT2D eigenvalue weighted by Gasteiger charge is -2.31. The lowest BCUT2D eigenvalue weighted by atomic mass is 10.2. The summed E-state index contributed by atoms with van der Waals surface area (Å²) in [6.07, 6.45) is 0.301. The molecule has 0 radical (unpaired) electrons. The lowest BCUT2D eigenvalue weighted by Crippen LogP contribution is -2.37. The highest BCUT2D eigenvalue weighted by atomic mass is 127. The molecule has 1 aromatic carbocycles. The third-order valence-corrected chi connectivity index (χ3v) is 14.8. The zero-order chi connectivity index (χ0) is 21.4. The topological polar surface area (TPSA) is 74.2 Å². The molecule has 0 aromatic heterocycles. The van der Waals surface area contributed by atoms with Gasteiger partial charge in [-0.1, -0.05) is 91.8 Å². The molecule has 0 bridgehead atoms. The van der Waals surface area contributed by atoms with Gasteiger partial charge in [0.1, 0.15) is 12.4 Å². The van der Waals surface area contributed by atoms with Gasteiger partial charge in [0.25, 0.3) is 0 Å². The van der Waals surface area contributed by atoms with Crippen molar-refractivity contribution in [3.8, 4) is 0 Å². The molecule has 0 spiro atoms. The fourth-order valence-electron chi connectivity index (χ4n) is 3.34. The van der Waals surface area contributed by atoms with E-state index in [9.17, 15) is 9.59 Å². The number of carbonyl (C=O) groups excluding carboxylic acids is 2. The van der Waals surface area contributed by atoms with E-state index in [1.807, 2.05) is 30.3 Å². The van der Waals surface area contributed by atoms with Crippen LogP contribution in [0.5, 0.6) is 0 Å². The molecule has 1 heterocycles. The molecule has 158 valence electrons. The van der Waals surface area contributed by atoms with E-state index in [1.54, 1.807) is 0 Å². The molecule has 8 heteroatoms. The first-order chi connectivity index (χ1) is 13.9. The maximum atomic E-state index is 12.6. The molecule has 0 N–H and O–H groups in total. The maximum Gasteiger partial charge on any atom is 0.394 e. The molecule has 29 heavy (non-hydrogen) atoms. The van der Waals surface area contributed by atoms with Gasteiger partial charge in [-0.05, 0) is 5.56 Å². The van der Waals surface area contributed by atoms with E-state index in [-0.39, 0.29) is 12.5 Å². The summed E-state index contributed by atoms with van der Waals surface area (Å²) in [5.41, 5.74) is 0.862. The number of ether oxygens (including phenoxy) is 3. The standard InChI is InChI=1S/C21H28INO5Si/c1-5-29(6-2,7-3)18(22)17-13-16(20(24)26-4)23-19(28-17)21(25)27-14-15-11-9-8-10-12-15/h8-12,16H,5-7,13-14H2,1-4H3/b18-17-/t16-/m0/s1. The number of hydrogen-bond acceptors (Lipinski definition) is 6. The van der Waals surface area contributed by atoms with Crippen LogP contribution in [-0.4, -0.2) is 39.1 Å². The largest absolute Gasteiger partial charge is 0.467 e. The summed E-state index contributed by atoms with van der Waals surface area (Å²) in [4.78, 5) is 29.0. The first kappa shape index (κ1) is 23.6. The number of hydrogen-bond donors (Lipinski definition) is 0. The fourth-order valence-corrected chi connectivity index (χ4v) is 10.3. The molecule has 1 atom stereocenters. The molecule has 0 saturated carbocycles. The minimum absolute atomic E-state index is 0.110. The third-order valence-electron chi connectivity index (χ3n) is 5.47. The second kappa shape index (κ2) is 10.9. The van der Waals surface area contributed by atoms with Crippen LogP contribution in [0.1, 0.15) is 32.8 Å². The number of aliphatic imine (C=N–C) groups is 1. The average Bonchev–Trinajstić information content (AvgIpc) is 2.78. The highest BCUT2D eigenvalue weighted by Crippen LogP contribution is 2.38. The van der Waals surface area contributed by atoms with Crippen LogP contribution in [0.25, 0.3) is 0 Å². The Kier molecular flexibility index (Phi) is 8.88. The zero-order valence-electron chi connectivity index (χ0n) is 17.4. The normalized spacial score (nSPS) is 18.4. The van der Waals surface area contributed by atoms with Crippen LogP contribution in [-0.2, 0) is 30.4 Å². The van der Waals surface area contributed by atoms with Crippen LogP contribution in [0, 0.1) is 0 Å². The molecule has 1 aliphatic heterocycles. The molecule has 6 nitrogen and oxygen atoms in total. The van der Waals surface area contributed by atoms with Gasteiger partial charge in [-0.25, -0.2) is 14.6 Å². The molecule has 1 aliphatic rings. The molecular weight excluding hydrogens is 501 g/mol. The average molecular weight is 529 g/mol. The molecule has 2 rings (SSSR count). The van der Waals surface area contributed by atoms with Gasteiger partial charge < -0.3 is 14.2 Å². The van der Waals surface area contributed by atoms with Crippen LogP contribution in [0.3, 0.4) is 0 Å². The van der Waals surface area contributed by atoms with Gasteiger partial charge in [-0.2, -0.15) is 0 Å². The Hall–Kier alpha value is -1.68. The third kappa shape index (κ3) is 5.69. The number of methoxy groups -OCH3 is 1. The Morgan fingerprint density at radius 2 is 1.79 bits per heavy atom. The first-order valence-electron chi connectivity index (χ1n) is 9.84. The molecule has 0 saturated heterocycles. The van der Waals surface area contributed by atoms with Crippen molar-refractivity contribution in [2.75, 3.05) is 7.11 Å². The predicted octanol–water partition coefficient (Wildman–Crippen LogP) is 4.78. The van der Waals surface area contributed by atoms with E-state index < -0.39 is 26.1 Å². The molecule has 0 fully saturated rings. The van der Waals surface area contributed by atoms with E-state index in [4.69, 9.17) is 14.2 Å². The highest BCUT2D eigenvalue weighted by molar-refractivity contribution is 14.1. The van der Waals surface area contributed by atoms with Gasteiger partial charge in [-0.3, -0.25) is 0 Å². The van der Waals surface area contributed by atoms with Crippen molar-refractivity contribution < 1.29 is 23.8 Å². The second-order valence-corrected chi connectivity index (χ2v) is 14.2. The first-order valence-corrected chi connectivity index (χ1v) is 13.5. The molecule has 0 unspecified atom stereocenters. The van der Waals surface area contributed by atoms with Crippen LogP contribution in [0.2, 0.25) is 18.1 Å². The highest BCUT2D eigenvalue weighted by Gasteiger charge is 2.38. The van der Waals surface area contributed by atoms with Crippen LogP contribution in [0.4, 0.5) is 0 Å². The van der Waals surface area contributed by atoms with Crippen molar-refractivity contribution in [1.82, 2.24) is 0 Å². The number of carbonyl (C=O) groups is 2. The van der Waals surface area contributed by atoms with Crippen LogP contribution >= 0.6 is 22.6 Å². The van der Waals surface area contributed by atoms with Gasteiger partial charge >= 0.3 is 17.8 Å².